The summed E-state index contributed by atoms with van der Waals surface area (Å²) >= 11 is 0. The Hall–Kier alpha value is -0.920. The van der Waals surface area contributed by atoms with Gasteiger partial charge in [0.2, 0.25) is 5.95 Å². The van der Waals surface area contributed by atoms with E-state index in [1.165, 1.54) is 6.20 Å². The molecule has 0 amide bonds. The molecule has 1 unspecified atom stereocenters. The zero-order chi connectivity index (χ0) is 10.0. The highest BCUT2D eigenvalue weighted by Gasteiger charge is 2.14. The molecular formula is C11H16FN. The second kappa shape index (κ2) is 3.86. The zero-order valence-corrected chi connectivity index (χ0v) is 8.63. The van der Waals surface area contributed by atoms with E-state index in [1.54, 1.807) is 6.92 Å². The van der Waals surface area contributed by atoms with Crippen LogP contribution in [-0.4, -0.2) is 4.98 Å². The number of halogens is 1. The molecule has 0 saturated carbocycles. The van der Waals surface area contributed by atoms with E-state index >= 15 is 0 Å². The molecule has 72 valence electrons. The molecule has 1 atom stereocenters. The first kappa shape index (κ1) is 10.2. The van der Waals surface area contributed by atoms with Gasteiger partial charge in [-0.25, -0.2) is 4.98 Å². The smallest absolute Gasteiger partial charge is 0.216 e. The van der Waals surface area contributed by atoms with Gasteiger partial charge in [0.15, 0.2) is 0 Å². The third kappa shape index (κ3) is 2.06. The molecule has 1 aromatic rings. The first-order valence-corrected chi connectivity index (χ1v) is 4.65. The number of hydrogen-bond donors (Lipinski definition) is 0. The third-order valence-electron chi connectivity index (χ3n) is 2.67. The Kier molecular flexibility index (Phi) is 3.02. The van der Waals surface area contributed by atoms with Gasteiger partial charge in [0, 0.05) is 11.8 Å². The first-order chi connectivity index (χ1) is 6.04. The van der Waals surface area contributed by atoms with Gasteiger partial charge in [-0.1, -0.05) is 20.8 Å². The van der Waals surface area contributed by atoms with Crippen molar-refractivity contribution in [3.63, 3.8) is 0 Å². The summed E-state index contributed by atoms with van der Waals surface area (Å²) in [5, 5.41) is 0. The van der Waals surface area contributed by atoms with Crippen molar-refractivity contribution in [1.82, 2.24) is 4.98 Å². The third-order valence-corrected chi connectivity index (χ3v) is 2.67. The Balaban J connectivity index is 3.07. The van der Waals surface area contributed by atoms with E-state index in [9.17, 15) is 4.39 Å². The molecule has 0 saturated heterocycles. The van der Waals surface area contributed by atoms with E-state index in [-0.39, 0.29) is 5.95 Å². The second-order valence-corrected chi connectivity index (χ2v) is 3.85. The van der Waals surface area contributed by atoms with Crippen molar-refractivity contribution in [2.24, 2.45) is 5.92 Å². The molecule has 0 radical (unpaired) electrons. The summed E-state index contributed by atoms with van der Waals surface area (Å²) in [7, 11) is 0. The van der Waals surface area contributed by atoms with E-state index in [0.29, 0.717) is 17.4 Å². The quantitative estimate of drug-likeness (QED) is 0.638. The number of aromatic nitrogens is 1. The summed E-state index contributed by atoms with van der Waals surface area (Å²) in [4.78, 5) is 3.61. The second-order valence-electron chi connectivity index (χ2n) is 3.85. The van der Waals surface area contributed by atoms with Crippen LogP contribution in [0.3, 0.4) is 0 Å². The van der Waals surface area contributed by atoms with Gasteiger partial charge in [0.1, 0.15) is 0 Å². The lowest BCUT2D eigenvalue weighted by molar-refractivity contribution is 0.517. The summed E-state index contributed by atoms with van der Waals surface area (Å²) in [5.41, 5.74) is 1.76. The van der Waals surface area contributed by atoms with Crippen LogP contribution in [0.1, 0.15) is 37.8 Å². The molecule has 0 bridgehead atoms. The van der Waals surface area contributed by atoms with Gasteiger partial charge in [-0.2, -0.15) is 4.39 Å². The van der Waals surface area contributed by atoms with Gasteiger partial charge in [0.25, 0.3) is 0 Å². The van der Waals surface area contributed by atoms with E-state index in [0.717, 1.165) is 5.56 Å². The lowest BCUT2D eigenvalue weighted by Gasteiger charge is -2.17. The maximum atomic E-state index is 13.1. The maximum Gasteiger partial charge on any atom is 0.216 e. The van der Waals surface area contributed by atoms with Crippen LogP contribution in [-0.2, 0) is 0 Å². The van der Waals surface area contributed by atoms with Gasteiger partial charge in [0.05, 0.1) is 0 Å². The van der Waals surface area contributed by atoms with Crippen LogP contribution in [0.15, 0.2) is 12.3 Å². The molecule has 0 aromatic carbocycles. The van der Waals surface area contributed by atoms with E-state index in [2.05, 4.69) is 25.8 Å². The minimum atomic E-state index is -0.343. The van der Waals surface area contributed by atoms with Gasteiger partial charge in [-0.3, -0.25) is 0 Å². The molecule has 1 rings (SSSR count). The van der Waals surface area contributed by atoms with Crippen molar-refractivity contribution in [2.75, 3.05) is 0 Å². The standard InChI is InChI=1S/C11H16FN/c1-7(2)8(3)10-5-6-13-11(12)9(10)4/h5-8H,1-4H3. The topological polar surface area (TPSA) is 12.9 Å². The average molecular weight is 181 g/mol. The molecule has 1 nitrogen and oxygen atoms in total. The highest BCUT2D eigenvalue weighted by atomic mass is 19.1. The fraction of sp³-hybridized carbons (Fsp3) is 0.545. The molecule has 0 N–H and O–H groups in total. The molecule has 2 heteroatoms. The van der Waals surface area contributed by atoms with Gasteiger partial charge >= 0.3 is 0 Å². The van der Waals surface area contributed by atoms with Gasteiger partial charge in [-0.15, -0.1) is 0 Å². The summed E-state index contributed by atoms with van der Waals surface area (Å²) in [6.07, 6.45) is 1.54. The average Bonchev–Trinajstić information content (AvgIpc) is 2.08. The van der Waals surface area contributed by atoms with Crippen molar-refractivity contribution in [1.29, 1.82) is 0 Å². The van der Waals surface area contributed by atoms with Crippen LogP contribution in [0, 0.1) is 18.8 Å². The predicted octanol–water partition coefficient (Wildman–Crippen LogP) is 3.29. The Morgan fingerprint density at radius 2 is 1.92 bits per heavy atom. The Labute approximate surface area is 79.0 Å². The lowest BCUT2D eigenvalue weighted by atomic mass is 9.88. The van der Waals surface area contributed by atoms with Gasteiger partial charge < -0.3 is 0 Å². The summed E-state index contributed by atoms with van der Waals surface area (Å²) in [5.74, 6) is 0.572. The van der Waals surface area contributed by atoms with E-state index in [4.69, 9.17) is 0 Å². The van der Waals surface area contributed by atoms with Crippen molar-refractivity contribution in [3.8, 4) is 0 Å². The minimum absolute atomic E-state index is 0.343. The normalized spacial score (nSPS) is 13.4. The monoisotopic (exact) mass is 181 g/mol. The SMILES string of the molecule is Cc1c(C(C)C(C)C)ccnc1F. The molecule has 0 fully saturated rings. The largest absolute Gasteiger partial charge is 0.228 e. The highest BCUT2D eigenvalue weighted by molar-refractivity contribution is 5.26. The Morgan fingerprint density at radius 1 is 1.31 bits per heavy atom. The van der Waals surface area contributed by atoms with Crippen LogP contribution in [0.5, 0.6) is 0 Å². The van der Waals surface area contributed by atoms with E-state index in [1.807, 2.05) is 6.07 Å². The summed E-state index contributed by atoms with van der Waals surface area (Å²) in [6, 6.07) is 1.91. The van der Waals surface area contributed by atoms with Crippen molar-refractivity contribution in [2.45, 2.75) is 33.6 Å². The molecule has 13 heavy (non-hydrogen) atoms. The highest BCUT2D eigenvalue weighted by Crippen LogP contribution is 2.26. The molecule has 0 aliphatic carbocycles. The van der Waals surface area contributed by atoms with Crippen molar-refractivity contribution in [3.05, 3.63) is 29.3 Å². The van der Waals surface area contributed by atoms with Crippen LogP contribution < -0.4 is 0 Å². The fourth-order valence-electron chi connectivity index (χ4n) is 1.38. The molecule has 0 spiro atoms. The first-order valence-electron chi connectivity index (χ1n) is 4.65. The maximum absolute atomic E-state index is 13.1. The van der Waals surface area contributed by atoms with Crippen molar-refractivity contribution >= 4 is 0 Å². The van der Waals surface area contributed by atoms with Gasteiger partial charge in [-0.05, 0) is 30.4 Å². The lowest BCUT2D eigenvalue weighted by Crippen LogP contribution is -2.06. The minimum Gasteiger partial charge on any atom is -0.228 e. The zero-order valence-electron chi connectivity index (χ0n) is 8.63. The molecule has 0 aliphatic heterocycles. The summed E-state index contributed by atoms with van der Waals surface area (Å²) < 4.78 is 13.1. The molecule has 0 aliphatic rings. The number of nitrogens with zero attached hydrogens (tertiary/aromatic N) is 1. The number of pyridine rings is 1. The summed E-state index contributed by atoms with van der Waals surface area (Å²) in [6.45, 7) is 8.19. The fourth-order valence-corrected chi connectivity index (χ4v) is 1.38. The molecular weight excluding hydrogens is 165 g/mol. The Morgan fingerprint density at radius 3 is 2.46 bits per heavy atom. The van der Waals surface area contributed by atoms with Crippen LogP contribution >= 0.6 is 0 Å². The molecule has 1 heterocycles. The van der Waals surface area contributed by atoms with Crippen LogP contribution in [0.2, 0.25) is 0 Å². The van der Waals surface area contributed by atoms with Crippen LogP contribution in [0.4, 0.5) is 4.39 Å². The van der Waals surface area contributed by atoms with Crippen molar-refractivity contribution < 1.29 is 4.39 Å². The number of hydrogen-bond acceptors (Lipinski definition) is 1. The Bertz CT molecular complexity index is 294. The van der Waals surface area contributed by atoms with E-state index < -0.39 is 0 Å². The number of rotatable bonds is 2. The molecule has 1 aromatic heterocycles. The van der Waals surface area contributed by atoms with Crippen LogP contribution in [0.25, 0.3) is 0 Å². The predicted molar refractivity (Wildman–Crippen MR) is 52.2 cm³/mol.